The molecule has 0 aliphatic heterocycles. The number of hydrogen-bond donors (Lipinski definition) is 2. The van der Waals surface area contributed by atoms with Crippen LogP contribution < -0.4 is 11.1 Å². The number of nitrogens with two attached hydrogens (primary N) is 1. The van der Waals surface area contributed by atoms with Gasteiger partial charge in [0.1, 0.15) is 17.5 Å². The molecule has 4 heteroatoms. The summed E-state index contributed by atoms with van der Waals surface area (Å²) in [4.78, 5) is 8.53. The lowest BCUT2D eigenvalue weighted by Gasteiger charge is -2.12. The Morgan fingerprint density at radius 2 is 2.00 bits per heavy atom. The minimum absolute atomic E-state index is 0.409. The molecule has 0 unspecified atom stereocenters. The van der Waals surface area contributed by atoms with Crippen molar-refractivity contribution < 1.29 is 0 Å². The van der Waals surface area contributed by atoms with Crippen LogP contribution in [0.4, 0.5) is 17.5 Å². The van der Waals surface area contributed by atoms with Gasteiger partial charge in [0.05, 0.1) is 0 Å². The highest BCUT2D eigenvalue weighted by atomic mass is 15.1. The second kappa shape index (κ2) is 4.82. The lowest BCUT2D eigenvalue weighted by Crippen LogP contribution is -2.02. The Labute approximate surface area is 101 Å². The summed E-state index contributed by atoms with van der Waals surface area (Å²) in [5, 5.41) is 3.19. The molecule has 2 rings (SSSR count). The first-order chi connectivity index (χ1) is 8.16. The van der Waals surface area contributed by atoms with Gasteiger partial charge in [-0.3, -0.25) is 0 Å². The van der Waals surface area contributed by atoms with Crippen LogP contribution in [0.1, 0.15) is 25.3 Å². The van der Waals surface area contributed by atoms with Crippen LogP contribution in [0, 0.1) is 0 Å². The first kappa shape index (κ1) is 11.4. The summed E-state index contributed by atoms with van der Waals surface area (Å²) in [5.41, 5.74) is 6.80. The predicted octanol–water partition coefficient (Wildman–Crippen LogP) is 2.93. The smallest absolute Gasteiger partial charge is 0.134 e. The van der Waals surface area contributed by atoms with Crippen LogP contribution in [-0.4, -0.2) is 9.97 Å². The molecule has 0 aromatic carbocycles. The molecule has 0 aliphatic carbocycles. The zero-order valence-corrected chi connectivity index (χ0v) is 10.0. The van der Waals surface area contributed by atoms with E-state index < -0.39 is 0 Å². The zero-order valence-electron chi connectivity index (χ0n) is 10.0. The lowest BCUT2D eigenvalue weighted by molar-refractivity contribution is 0.861. The average Bonchev–Trinajstić information content (AvgIpc) is 2.29. The van der Waals surface area contributed by atoms with Crippen LogP contribution in [-0.2, 0) is 0 Å². The third-order valence-electron chi connectivity index (χ3n) is 2.48. The van der Waals surface area contributed by atoms with Gasteiger partial charge in [-0.05, 0) is 29.7 Å². The number of pyridine rings is 2. The van der Waals surface area contributed by atoms with E-state index in [0.29, 0.717) is 17.6 Å². The van der Waals surface area contributed by atoms with Crippen LogP contribution in [0.15, 0.2) is 36.5 Å². The summed E-state index contributed by atoms with van der Waals surface area (Å²) in [6.07, 6.45) is 1.76. The van der Waals surface area contributed by atoms with Gasteiger partial charge in [0.25, 0.3) is 0 Å². The Morgan fingerprint density at radius 3 is 2.71 bits per heavy atom. The van der Waals surface area contributed by atoms with Gasteiger partial charge in [0.2, 0.25) is 0 Å². The fourth-order valence-electron chi connectivity index (χ4n) is 1.63. The molecule has 0 radical (unpaired) electrons. The van der Waals surface area contributed by atoms with Gasteiger partial charge in [-0.2, -0.15) is 0 Å². The van der Waals surface area contributed by atoms with Crippen molar-refractivity contribution in [1.82, 2.24) is 9.97 Å². The summed E-state index contributed by atoms with van der Waals surface area (Å²) in [5.74, 6) is 2.45. The molecule has 0 atom stereocenters. The molecular weight excluding hydrogens is 212 g/mol. The van der Waals surface area contributed by atoms with Crippen molar-refractivity contribution >= 4 is 17.5 Å². The highest BCUT2D eigenvalue weighted by Crippen LogP contribution is 2.24. The quantitative estimate of drug-likeness (QED) is 0.847. The van der Waals surface area contributed by atoms with Gasteiger partial charge >= 0.3 is 0 Å². The minimum atomic E-state index is 0.409. The maximum absolute atomic E-state index is 5.64. The molecule has 2 heterocycles. The van der Waals surface area contributed by atoms with E-state index in [-0.39, 0.29) is 0 Å². The van der Waals surface area contributed by atoms with Crippen LogP contribution >= 0.6 is 0 Å². The second-order valence-corrected chi connectivity index (χ2v) is 4.17. The second-order valence-electron chi connectivity index (χ2n) is 4.17. The molecule has 0 saturated heterocycles. The van der Waals surface area contributed by atoms with Gasteiger partial charge < -0.3 is 11.1 Å². The van der Waals surface area contributed by atoms with E-state index in [1.54, 1.807) is 12.3 Å². The minimum Gasteiger partial charge on any atom is -0.384 e. The molecule has 0 fully saturated rings. The Bertz CT molecular complexity index is 508. The SMILES string of the molecule is CC(C)c1cccnc1Nc1cccc(N)n1. The lowest BCUT2D eigenvalue weighted by atomic mass is 10.0. The van der Waals surface area contributed by atoms with Crippen molar-refractivity contribution in [2.24, 2.45) is 0 Å². The van der Waals surface area contributed by atoms with Crippen molar-refractivity contribution in [2.75, 3.05) is 11.1 Å². The molecule has 17 heavy (non-hydrogen) atoms. The molecule has 4 nitrogen and oxygen atoms in total. The molecule has 88 valence electrons. The van der Waals surface area contributed by atoms with Crippen LogP contribution in [0.2, 0.25) is 0 Å². The Kier molecular flexibility index (Phi) is 3.23. The molecule has 2 aromatic rings. The fraction of sp³-hybridized carbons (Fsp3) is 0.231. The summed E-state index contributed by atoms with van der Waals surface area (Å²) >= 11 is 0. The van der Waals surface area contributed by atoms with E-state index in [0.717, 1.165) is 11.4 Å². The predicted molar refractivity (Wildman–Crippen MR) is 70.3 cm³/mol. The molecule has 2 aromatic heterocycles. The van der Waals surface area contributed by atoms with E-state index in [2.05, 4.69) is 35.2 Å². The van der Waals surface area contributed by atoms with Crippen LogP contribution in [0.25, 0.3) is 0 Å². The van der Waals surface area contributed by atoms with E-state index in [1.807, 2.05) is 18.2 Å². The molecular formula is C13H16N4. The number of aromatic nitrogens is 2. The van der Waals surface area contributed by atoms with E-state index in [4.69, 9.17) is 5.73 Å². The fourth-order valence-corrected chi connectivity index (χ4v) is 1.63. The monoisotopic (exact) mass is 228 g/mol. The topological polar surface area (TPSA) is 63.8 Å². The van der Waals surface area contributed by atoms with Gasteiger partial charge in [0.15, 0.2) is 0 Å². The summed E-state index contributed by atoms with van der Waals surface area (Å²) < 4.78 is 0. The molecule has 3 N–H and O–H groups in total. The maximum atomic E-state index is 5.64. The van der Waals surface area contributed by atoms with Crippen molar-refractivity contribution in [3.8, 4) is 0 Å². The Balaban J connectivity index is 2.30. The van der Waals surface area contributed by atoms with Crippen molar-refractivity contribution in [2.45, 2.75) is 19.8 Å². The summed E-state index contributed by atoms with van der Waals surface area (Å²) in [7, 11) is 0. The zero-order chi connectivity index (χ0) is 12.3. The molecule has 0 spiro atoms. The number of nitrogens with one attached hydrogen (secondary N) is 1. The van der Waals surface area contributed by atoms with Crippen molar-refractivity contribution in [1.29, 1.82) is 0 Å². The highest BCUT2D eigenvalue weighted by Gasteiger charge is 2.07. The third kappa shape index (κ3) is 2.72. The van der Waals surface area contributed by atoms with Gasteiger partial charge in [0, 0.05) is 6.20 Å². The highest BCUT2D eigenvalue weighted by molar-refractivity contribution is 5.57. The standard InChI is InChI=1S/C13H16N4/c1-9(2)10-5-4-8-15-13(10)17-12-7-3-6-11(14)16-12/h3-9H,1-2H3,(H3,14,15,16,17). The largest absolute Gasteiger partial charge is 0.384 e. The number of anilines is 3. The van der Waals surface area contributed by atoms with Crippen molar-refractivity contribution in [3.63, 3.8) is 0 Å². The first-order valence-corrected chi connectivity index (χ1v) is 5.61. The number of rotatable bonds is 3. The third-order valence-corrected chi connectivity index (χ3v) is 2.48. The van der Waals surface area contributed by atoms with Crippen LogP contribution in [0.3, 0.4) is 0 Å². The molecule has 0 amide bonds. The number of nitrogen functional groups attached to an aromatic ring is 1. The van der Waals surface area contributed by atoms with Gasteiger partial charge in [-0.15, -0.1) is 0 Å². The molecule has 0 bridgehead atoms. The maximum Gasteiger partial charge on any atom is 0.134 e. The normalized spacial score (nSPS) is 10.5. The van der Waals surface area contributed by atoms with E-state index in [9.17, 15) is 0 Å². The number of hydrogen-bond acceptors (Lipinski definition) is 4. The molecule has 0 saturated carbocycles. The first-order valence-electron chi connectivity index (χ1n) is 5.61. The van der Waals surface area contributed by atoms with E-state index in [1.165, 1.54) is 0 Å². The van der Waals surface area contributed by atoms with Gasteiger partial charge in [-0.25, -0.2) is 9.97 Å². The van der Waals surface area contributed by atoms with Crippen LogP contribution in [0.5, 0.6) is 0 Å². The van der Waals surface area contributed by atoms with Gasteiger partial charge in [-0.1, -0.05) is 26.0 Å². The molecule has 0 aliphatic rings. The van der Waals surface area contributed by atoms with Crippen molar-refractivity contribution in [3.05, 3.63) is 42.1 Å². The van der Waals surface area contributed by atoms with E-state index >= 15 is 0 Å². The Hall–Kier alpha value is -2.10. The Morgan fingerprint density at radius 1 is 1.18 bits per heavy atom. The summed E-state index contributed by atoms with van der Waals surface area (Å²) in [6, 6.07) is 9.49. The average molecular weight is 228 g/mol. The summed E-state index contributed by atoms with van der Waals surface area (Å²) in [6.45, 7) is 4.27. The number of nitrogens with zero attached hydrogens (tertiary/aromatic N) is 2.